The van der Waals surface area contributed by atoms with Crippen LogP contribution in [0.5, 0.6) is 0 Å². The van der Waals surface area contributed by atoms with E-state index in [1.807, 2.05) is 6.92 Å². The van der Waals surface area contributed by atoms with Crippen LogP contribution in [0.2, 0.25) is 0 Å². The van der Waals surface area contributed by atoms with Crippen molar-refractivity contribution in [2.75, 3.05) is 6.54 Å². The van der Waals surface area contributed by atoms with Gasteiger partial charge in [-0.25, -0.2) is 0 Å². The third-order valence-corrected chi connectivity index (χ3v) is 2.24. The molecule has 0 saturated heterocycles. The number of carboxylic acid groups (broad SMARTS) is 1. The molecule has 0 aliphatic rings. The first kappa shape index (κ1) is 13.9. The van der Waals surface area contributed by atoms with Gasteiger partial charge in [-0.05, 0) is 13.3 Å². The Morgan fingerprint density at radius 2 is 2.00 bits per heavy atom. The summed E-state index contributed by atoms with van der Waals surface area (Å²) < 4.78 is 0. The summed E-state index contributed by atoms with van der Waals surface area (Å²) in [6.45, 7) is 5.02. The van der Waals surface area contributed by atoms with E-state index in [1.165, 1.54) is 6.92 Å². The van der Waals surface area contributed by atoms with Crippen molar-refractivity contribution in [3.63, 3.8) is 0 Å². The third-order valence-electron chi connectivity index (χ3n) is 2.24. The standard InChI is InChI=1S/C10H19NO4/c1-4-7(2)9(14)11-6-10(3,15)5-8(12)13/h7,15H,4-6H2,1-3H3,(H,11,14)(H,12,13). The van der Waals surface area contributed by atoms with Crippen molar-refractivity contribution >= 4 is 11.9 Å². The minimum atomic E-state index is -1.39. The van der Waals surface area contributed by atoms with Crippen LogP contribution in [-0.4, -0.2) is 34.2 Å². The molecule has 0 rings (SSSR count). The molecular weight excluding hydrogens is 198 g/mol. The van der Waals surface area contributed by atoms with Crippen molar-refractivity contribution in [1.82, 2.24) is 5.32 Å². The Bertz CT molecular complexity index is 238. The number of carboxylic acids is 1. The van der Waals surface area contributed by atoms with E-state index in [1.54, 1.807) is 6.92 Å². The second-order valence-corrected chi connectivity index (χ2v) is 4.09. The maximum atomic E-state index is 11.3. The predicted octanol–water partition coefficient (Wildman–Crippen LogP) is 0.374. The molecule has 0 heterocycles. The zero-order valence-electron chi connectivity index (χ0n) is 9.41. The molecule has 0 radical (unpaired) electrons. The average molecular weight is 217 g/mol. The van der Waals surface area contributed by atoms with Gasteiger partial charge in [0.2, 0.25) is 5.91 Å². The Morgan fingerprint density at radius 1 is 1.47 bits per heavy atom. The summed E-state index contributed by atoms with van der Waals surface area (Å²) in [4.78, 5) is 21.7. The number of aliphatic hydroxyl groups is 1. The first-order chi connectivity index (χ1) is 6.78. The SMILES string of the molecule is CCC(C)C(=O)NCC(C)(O)CC(=O)O. The molecule has 2 unspecified atom stereocenters. The lowest BCUT2D eigenvalue weighted by Gasteiger charge is -2.22. The molecule has 0 aromatic heterocycles. The molecule has 0 saturated carbocycles. The summed E-state index contributed by atoms with van der Waals surface area (Å²) in [5, 5.41) is 20.6. The first-order valence-electron chi connectivity index (χ1n) is 5.00. The van der Waals surface area contributed by atoms with E-state index in [-0.39, 0.29) is 24.8 Å². The van der Waals surface area contributed by atoms with Gasteiger partial charge in [-0.1, -0.05) is 13.8 Å². The Balaban J connectivity index is 4.03. The van der Waals surface area contributed by atoms with E-state index in [0.717, 1.165) is 0 Å². The molecule has 5 nitrogen and oxygen atoms in total. The lowest BCUT2D eigenvalue weighted by Crippen LogP contribution is -2.43. The second-order valence-electron chi connectivity index (χ2n) is 4.09. The molecule has 3 N–H and O–H groups in total. The van der Waals surface area contributed by atoms with Crippen LogP contribution in [0.3, 0.4) is 0 Å². The van der Waals surface area contributed by atoms with E-state index in [2.05, 4.69) is 5.32 Å². The van der Waals surface area contributed by atoms with Crippen molar-refractivity contribution in [3.8, 4) is 0 Å². The number of carbonyl (C=O) groups is 2. The van der Waals surface area contributed by atoms with Crippen LogP contribution in [0, 0.1) is 5.92 Å². The van der Waals surface area contributed by atoms with Crippen LogP contribution in [-0.2, 0) is 9.59 Å². The van der Waals surface area contributed by atoms with Crippen molar-refractivity contribution in [2.24, 2.45) is 5.92 Å². The lowest BCUT2D eigenvalue weighted by atomic mass is 10.0. The highest BCUT2D eigenvalue weighted by Gasteiger charge is 2.25. The molecule has 0 aliphatic heterocycles. The van der Waals surface area contributed by atoms with Crippen LogP contribution in [0.4, 0.5) is 0 Å². The van der Waals surface area contributed by atoms with Crippen molar-refractivity contribution < 1.29 is 19.8 Å². The molecule has 5 heteroatoms. The van der Waals surface area contributed by atoms with Crippen molar-refractivity contribution in [1.29, 1.82) is 0 Å². The number of aliphatic carboxylic acids is 1. The highest BCUT2D eigenvalue weighted by Crippen LogP contribution is 2.08. The molecule has 0 aromatic rings. The zero-order valence-corrected chi connectivity index (χ0v) is 9.41. The maximum Gasteiger partial charge on any atom is 0.306 e. The average Bonchev–Trinajstić information content (AvgIpc) is 2.11. The highest BCUT2D eigenvalue weighted by molar-refractivity contribution is 5.78. The minimum absolute atomic E-state index is 0.0392. The number of nitrogens with one attached hydrogen (secondary N) is 1. The van der Waals surface area contributed by atoms with Crippen molar-refractivity contribution in [3.05, 3.63) is 0 Å². The summed E-state index contributed by atoms with van der Waals surface area (Å²) in [6, 6.07) is 0. The summed E-state index contributed by atoms with van der Waals surface area (Å²) in [6.07, 6.45) is 0.334. The largest absolute Gasteiger partial charge is 0.481 e. The summed E-state index contributed by atoms with van der Waals surface area (Å²) in [7, 11) is 0. The van der Waals surface area contributed by atoms with Crippen LogP contribution >= 0.6 is 0 Å². The fourth-order valence-electron chi connectivity index (χ4n) is 1.03. The van der Waals surface area contributed by atoms with Crippen LogP contribution in [0.15, 0.2) is 0 Å². The molecule has 15 heavy (non-hydrogen) atoms. The Labute approximate surface area is 89.5 Å². The fourth-order valence-corrected chi connectivity index (χ4v) is 1.03. The van der Waals surface area contributed by atoms with Crippen LogP contribution in [0.25, 0.3) is 0 Å². The zero-order chi connectivity index (χ0) is 12.1. The van der Waals surface area contributed by atoms with Crippen LogP contribution < -0.4 is 5.32 Å². The maximum absolute atomic E-state index is 11.3. The van der Waals surface area contributed by atoms with Gasteiger partial charge in [0.05, 0.1) is 12.0 Å². The molecule has 0 spiro atoms. The summed E-state index contributed by atoms with van der Waals surface area (Å²) in [5.41, 5.74) is -1.39. The van der Waals surface area contributed by atoms with Gasteiger partial charge < -0.3 is 15.5 Å². The van der Waals surface area contributed by atoms with E-state index in [0.29, 0.717) is 6.42 Å². The molecule has 2 atom stereocenters. The Kier molecular flexibility index (Phi) is 5.28. The summed E-state index contributed by atoms with van der Waals surface area (Å²) >= 11 is 0. The molecule has 0 fully saturated rings. The van der Waals surface area contributed by atoms with Gasteiger partial charge in [-0.2, -0.15) is 0 Å². The predicted molar refractivity (Wildman–Crippen MR) is 55.3 cm³/mol. The fraction of sp³-hybridized carbons (Fsp3) is 0.800. The normalized spacial score (nSPS) is 16.5. The van der Waals surface area contributed by atoms with Crippen LogP contribution in [0.1, 0.15) is 33.6 Å². The molecule has 1 amide bonds. The number of hydrogen-bond acceptors (Lipinski definition) is 3. The van der Waals surface area contributed by atoms with Gasteiger partial charge >= 0.3 is 5.97 Å². The highest BCUT2D eigenvalue weighted by atomic mass is 16.4. The number of rotatable bonds is 6. The van der Waals surface area contributed by atoms with E-state index < -0.39 is 11.6 Å². The van der Waals surface area contributed by atoms with Crippen molar-refractivity contribution in [2.45, 2.75) is 39.2 Å². The molecule has 0 aliphatic carbocycles. The second kappa shape index (κ2) is 5.70. The van der Waals surface area contributed by atoms with Gasteiger partial charge in [-0.3, -0.25) is 9.59 Å². The number of amides is 1. The molecule has 0 bridgehead atoms. The van der Waals surface area contributed by atoms with Gasteiger partial charge in [-0.15, -0.1) is 0 Å². The van der Waals surface area contributed by atoms with E-state index in [4.69, 9.17) is 5.11 Å². The molecule has 0 aromatic carbocycles. The van der Waals surface area contributed by atoms with Gasteiger partial charge in [0.1, 0.15) is 0 Å². The lowest BCUT2D eigenvalue weighted by molar-refractivity contribution is -0.142. The number of hydrogen-bond donors (Lipinski definition) is 3. The third kappa shape index (κ3) is 6.06. The quantitative estimate of drug-likeness (QED) is 0.600. The van der Waals surface area contributed by atoms with Gasteiger partial charge in [0.15, 0.2) is 0 Å². The smallest absolute Gasteiger partial charge is 0.306 e. The monoisotopic (exact) mass is 217 g/mol. The Hall–Kier alpha value is -1.10. The first-order valence-corrected chi connectivity index (χ1v) is 5.00. The minimum Gasteiger partial charge on any atom is -0.481 e. The summed E-state index contributed by atoms with van der Waals surface area (Å²) in [5.74, 6) is -1.37. The molecule has 88 valence electrons. The Morgan fingerprint density at radius 3 is 2.40 bits per heavy atom. The van der Waals surface area contributed by atoms with E-state index >= 15 is 0 Å². The van der Waals surface area contributed by atoms with Gasteiger partial charge in [0, 0.05) is 12.5 Å². The van der Waals surface area contributed by atoms with E-state index in [9.17, 15) is 14.7 Å². The van der Waals surface area contributed by atoms with Gasteiger partial charge in [0.25, 0.3) is 0 Å². The molecular formula is C10H19NO4. The number of carbonyl (C=O) groups excluding carboxylic acids is 1. The topological polar surface area (TPSA) is 86.6 Å².